The maximum atomic E-state index is 13.4. The average molecular weight is 506 g/mol. The molecule has 6 nitrogen and oxygen atoms in total. The number of para-hydroxylation sites is 1. The number of aromatic nitrogens is 2. The van der Waals surface area contributed by atoms with Crippen LogP contribution in [0.2, 0.25) is 0 Å². The predicted octanol–water partition coefficient (Wildman–Crippen LogP) is 5.78. The second-order valence-corrected chi connectivity index (χ2v) is 9.58. The second kappa shape index (κ2) is 9.97. The van der Waals surface area contributed by atoms with Crippen molar-refractivity contribution in [3.63, 3.8) is 0 Å². The fourth-order valence-corrected chi connectivity index (χ4v) is 4.95. The molecule has 9 heteroatoms. The first-order chi connectivity index (χ1) is 17.0. The molecule has 0 aliphatic carbocycles. The average Bonchev–Trinajstić information content (AvgIpc) is 3.25. The van der Waals surface area contributed by atoms with Crippen molar-refractivity contribution in [2.45, 2.75) is 16.6 Å². The molecular weight excluding hydrogens is 485 g/mol. The third-order valence-corrected chi connectivity index (χ3v) is 7.09. The van der Waals surface area contributed by atoms with Crippen LogP contribution in [0.4, 0.5) is 10.1 Å². The van der Waals surface area contributed by atoms with Gasteiger partial charge >= 0.3 is 0 Å². The Morgan fingerprint density at radius 1 is 1.09 bits per heavy atom. The van der Waals surface area contributed by atoms with Crippen LogP contribution in [0.25, 0.3) is 22.1 Å². The summed E-state index contributed by atoms with van der Waals surface area (Å²) in [6.07, 6.45) is 1.97. The van der Waals surface area contributed by atoms with Gasteiger partial charge in [-0.15, -0.1) is 11.8 Å². The maximum Gasteiger partial charge on any atom is 0.298 e. The molecule has 5 rings (SSSR count). The zero-order valence-electron chi connectivity index (χ0n) is 18.7. The lowest BCUT2D eigenvalue weighted by atomic mass is 10.2. The van der Waals surface area contributed by atoms with Crippen molar-refractivity contribution in [3.05, 3.63) is 94.5 Å². The number of furan rings is 1. The summed E-state index contributed by atoms with van der Waals surface area (Å²) in [6.45, 7) is 0.165. The van der Waals surface area contributed by atoms with Crippen molar-refractivity contribution < 1.29 is 13.6 Å². The van der Waals surface area contributed by atoms with Crippen LogP contribution in [-0.2, 0) is 11.3 Å². The first-order valence-electron chi connectivity index (χ1n) is 10.7. The summed E-state index contributed by atoms with van der Waals surface area (Å²) in [4.78, 5) is 31.9. The number of rotatable bonds is 7. The number of hydrogen-bond donors (Lipinski definition) is 1. The highest BCUT2D eigenvalue weighted by atomic mass is 32.2. The van der Waals surface area contributed by atoms with E-state index in [9.17, 15) is 14.0 Å². The lowest BCUT2D eigenvalue weighted by Crippen LogP contribution is -2.24. The summed E-state index contributed by atoms with van der Waals surface area (Å²) in [7, 11) is 0. The molecule has 0 saturated carbocycles. The number of benzene rings is 3. The van der Waals surface area contributed by atoms with Gasteiger partial charge in [0, 0.05) is 16.0 Å². The molecule has 0 spiro atoms. The molecule has 0 aliphatic rings. The summed E-state index contributed by atoms with van der Waals surface area (Å²) in [5, 5.41) is 4.00. The highest BCUT2D eigenvalue weighted by Crippen LogP contribution is 2.28. The molecule has 35 heavy (non-hydrogen) atoms. The van der Waals surface area contributed by atoms with E-state index in [2.05, 4.69) is 5.32 Å². The first-order valence-corrected chi connectivity index (χ1v) is 13.0. The number of fused-ring (bicyclic) bond motifs is 3. The van der Waals surface area contributed by atoms with Gasteiger partial charge in [-0.3, -0.25) is 14.2 Å². The highest BCUT2D eigenvalue weighted by molar-refractivity contribution is 7.99. The van der Waals surface area contributed by atoms with Crippen molar-refractivity contribution in [3.8, 4) is 0 Å². The predicted molar refractivity (Wildman–Crippen MR) is 139 cm³/mol. The highest BCUT2D eigenvalue weighted by Gasteiger charge is 2.19. The van der Waals surface area contributed by atoms with Crippen LogP contribution in [0, 0.1) is 5.82 Å². The molecule has 2 aromatic heterocycles. The van der Waals surface area contributed by atoms with E-state index in [1.807, 2.05) is 48.7 Å². The van der Waals surface area contributed by atoms with Gasteiger partial charge in [0.25, 0.3) is 5.56 Å². The Morgan fingerprint density at radius 2 is 1.89 bits per heavy atom. The molecule has 176 valence electrons. The van der Waals surface area contributed by atoms with Gasteiger partial charge in [-0.05, 0) is 54.3 Å². The van der Waals surface area contributed by atoms with Crippen LogP contribution in [0.1, 0.15) is 5.56 Å². The molecule has 3 aromatic carbocycles. The van der Waals surface area contributed by atoms with Crippen LogP contribution in [0.3, 0.4) is 0 Å². The van der Waals surface area contributed by atoms with Gasteiger partial charge in [-0.25, -0.2) is 9.37 Å². The summed E-state index contributed by atoms with van der Waals surface area (Å²) in [5.41, 5.74) is 2.24. The zero-order valence-corrected chi connectivity index (χ0v) is 20.3. The lowest BCUT2D eigenvalue weighted by Gasteiger charge is -2.12. The monoisotopic (exact) mass is 505 g/mol. The zero-order chi connectivity index (χ0) is 24.4. The van der Waals surface area contributed by atoms with Gasteiger partial charge in [0.1, 0.15) is 16.9 Å². The smallest absolute Gasteiger partial charge is 0.298 e. The van der Waals surface area contributed by atoms with Gasteiger partial charge < -0.3 is 9.73 Å². The minimum absolute atomic E-state index is 0.0562. The van der Waals surface area contributed by atoms with Crippen molar-refractivity contribution in [2.75, 3.05) is 17.3 Å². The minimum atomic E-state index is -0.358. The SMILES string of the molecule is CSc1cccc(NC(=O)CSc2nc3c(oc4ccccc43)c(=O)n2Cc2ccc(F)cc2)c1. The van der Waals surface area contributed by atoms with Gasteiger partial charge in [0.2, 0.25) is 11.5 Å². The van der Waals surface area contributed by atoms with Crippen molar-refractivity contribution in [1.29, 1.82) is 0 Å². The number of carbonyl (C=O) groups excluding carboxylic acids is 1. The Labute approximate surface area is 208 Å². The summed E-state index contributed by atoms with van der Waals surface area (Å²) < 4.78 is 20.7. The van der Waals surface area contributed by atoms with E-state index >= 15 is 0 Å². The molecule has 0 radical (unpaired) electrons. The van der Waals surface area contributed by atoms with E-state index in [4.69, 9.17) is 9.40 Å². The number of thioether (sulfide) groups is 2. The summed E-state index contributed by atoms with van der Waals surface area (Å²) in [5.74, 6) is -0.516. The summed E-state index contributed by atoms with van der Waals surface area (Å²) in [6, 6.07) is 20.8. The number of amides is 1. The summed E-state index contributed by atoms with van der Waals surface area (Å²) >= 11 is 2.76. The molecule has 0 saturated heterocycles. The van der Waals surface area contributed by atoms with Crippen LogP contribution >= 0.6 is 23.5 Å². The number of nitrogens with one attached hydrogen (secondary N) is 1. The third kappa shape index (κ3) is 4.96. The minimum Gasteiger partial charge on any atom is -0.448 e. The largest absolute Gasteiger partial charge is 0.448 e. The van der Waals surface area contributed by atoms with Crippen molar-refractivity contribution >= 4 is 57.2 Å². The van der Waals surface area contributed by atoms with Crippen LogP contribution in [0.15, 0.2) is 92.1 Å². The van der Waals surface area contributed by atoms with Gasteiger partial charge in [0.15, 0.2) is 5.16 Å². The number of nitrogens with zero attached hydrogens (tertiary/aromatic N) is 2. The van der Waals surface area contributed by atoms with Gasteiger partial charge in [0.05, 0.1) is 12.3 Å². The number of halogens is 1. The Kier molecular flexibility index (Phi) is 6.61. The normalized spacial score (nSPS) is 11.3. The lowest BCUT2D eigenvalue weighted by molar-refractivity contribution is -0.113. The molecule has 0 fully saturated rings. The topological polar surface area (TPSA) is 77.1 Å². The van der Waals surface area contributed by atoms with Crippen LogP contribution in [-0.4, -0.2) is 27.5 Å². The van der Waals surface area contributed by atoms with Crippen molar-refractivity contribution in [1.82, 2.24) is 9.55 Å². The van der Waals surface area contributed by atoms with E-state index in [-0.39, 0.29) is 35.2 Å². The van der Waals surface area contributed by atoms with Crippen LogP contribution in [0.5, 0.6) is 0 Å². The quantitative estimate of drug-likeness (QED) is 0.223. The van der Waals surface area contributed by atoms with E-state index in [1.54, 1.807) is 30.0 Å². The van der Waals surface area contributed by atoms with E-state index in [0.717, 1.165) is 15.8 Å². The maximum absolute atomic E-state index is 13.4. The fourth-order valence-electron chi connectivity index (χ4n) is 3.70. The Morgan fingerprint density at radius 3 is 2.69 bits per heavy atom. The molecule has 0 bridgehead atoms. The van der Waals surface area contributed by atoms with Gasteiger partial charge in [-0.2, -0.15) is 0 Å². The van der Waals surface area contributed by atoms with E-state index < -0.39 is 0 Å². The van der Waals surface area contributed by atoms with Crippen molar-refractivity contribution in [2.24, 2.45) is 0 Å². The Balaban J connectivity index is 1.49. The molecule has 0 unspecified atom stereocenters. The number of hydrogen-bond acceptors (Lipinski definition) is 6. The standard InChI is InChI=1S/C26H20FN3O3S2/c1-34-19-6-4-5-18(13-19)28-22(31)15-35-26-29-23-20-7-2-3-8-21(20)33-24(23)25(32)30(26)14-16-9-11-17(27)12-10-16/h2-13H,14-15H2,1H3,(H,28,31). The first kappa shape index (κ1) is 23.2. The Hall–Kier alpha value is -3.56. The molecule has 0 atom stereocenters. The molecular formula is C26H20FN3O3S2. The number of anilines is 1. The molecule has 2 heterocycles. The molecule has 5 aromatic rings. The van der Waals surface area contributed by atoms with E-state index in [1.165, 1.54) is 28.5 Å². The van der Waals surface area contributed by atoms with Gasteiger partial charge in [-0.1, -0.05) is 42.1 Å². The number of carbonyl (C=O) groups is 1. The van der Waals surface area contributed by atoms with E-state index in [0.29, 0.717) is 21.9 Å². The third-order valence-electron chi connectivity index (χ3n) is 5.39. The fraction of sp³-hybridized carbons (Fsp3) is 0.115. The second-order valence-electron chi connectivity index (χ2n) is 7.76. The molecule has 1 N–H and O–H groups in total. The Bertz CT molecular complexity index is 1600. The molecule has 1 amide bonds. The van der Waals surface area contributed by atoms with Crippen LogP contribution < -0.4 is 10.9 Å². The molecule has 0 aliphatic heterocycles.